The van der Waals surface area contributed by atoms with E-state index in [-0.39, 0.29) is 18.2 Å². The van der Waals surface area contributed by atoms with E-state index in [9.17, 15) is 9.59 Å². The molecule has 3 rings (SSSR count). The number of hydrogen-bond donors (Lipinski definition) is 2. The van der Waals surface area contributed by atoms with Gasteiger partial charge >= 0.3 is 0 Å². The molecule has 0 radical (unpaired) electrons. The van der Waals surface area contributed by atoms with E-state index in [1.807, 2.05) is 67.1 Å². The lowest BCUT2D eigenvalue weighted by Gasteiger charge is -2.19. The summed E-state index contributed by atoms with van der Waals surface area (Å²) in [6, 6.07) is 18.1. The largest absolute Gasteiger partial charge is 0.383 e. The van der Waals surface area contributed by atoms with Crippen molar-refractivity contribution < 1.29 is 14.3 Å². The highest BCUT2D eigenvalue weighted by atomic mass is 16.5. The molecule has 2 N–H and O–H groups in total. The molecule has 32 heavy (non-hydrogen) atoms. The second-order valence-electron chi connectivity index (χ2n) is 7.65. The van der Waals surface area contributed by atoms with Crippen LogP contribution in [0.5, 0.6) is 0 Å². The van der Waals surface area contributed by atoms with Gasteiger partial charge < -0.3 is 15.4 Å². The van der Waals surface area contributed by atoms with E-state index < -0.39 is 6.04 Å². The maximum absolute atomic E-state index is 12.8. The Labute approximate surface area is 188 Å². The summed E-state index contributed by atoms with van der Waals surface area (Å²) in [5.74, 6) is -0.353. The number of rotatable bonds is 10. The highest BCUT2D eigenvalue weighted by molar-refractivity contribution is 5.94. The molecule has 0 aliphatic heterocycles. The molecule has 0 bridgehead atoms. The van der Waals surface area contributed by atoms with Gasteiger partial charge in [-0.2, -0.15) is 5.10 Å². The molecule has 1 heterocycles. The predicted molar refractivity (Wildman–Crippen MR) is 123 cm³/mol. The van der Waals surface area contributed by atoms with E-state index in [0.717, 1.165) is 22.5 Å². The van der Waals surface area contributed by atoms with Crippen molar-refractivity contribution in [2.45, 2.75) is 39.4 Å². The van der Waals surface area contributed by atoms with Crippen LogP contribution >= 0.6 is 0 Å². The first kappa shape index (κ1) is 23.2. The molecule has 0 saturated heterocycles. The Morgan fingerprint density at radius 1 is 1.03 bits per heavy atom. The molecule has 3 aromatic rings. The summed E-state index contributed by atoms with van der Waals surface area (Å²) >= 11 is 0. The Morgan fingerprint density at radius 3 is 2.34 bits per heavy atom. The molecular weight excluding hydrogens is 404 g/mol. The van der Waals surface area contributed by atoms with Crippen LogP contribution in [0.4, 0.5) is 0 Å². The molecule has 0 aliphatic carbocycles. The maximum Gasteiger partial charge on any atom is 0.251 e. The molecule has 2 aromatic carbocycles. The monoisotopic (exact) mass is 434 g/mol. The lowest BCUT2D eigenvalue weighted by molar-refractivity contribution is -0.121. The van der Waals surface area contributed by atoms with Gasteiger partial charge in [0, 0.05) is 30.5 Å². The number of ether oxygens (including phenoxy) is 1. The second-order valence-corrected chi connectivity index (χ2v) is 7.65. The summed E-state index contributed by atoms with van der Waals surface area (Å²) in [6.45, 7) is 5.55. The van der Waals surface area contributed by atoms with Crippen LogP contribution in [-0.2, 0) is 22.6 Å². The van der Waals surface area contributed by atoms with Crippen LogP contribution in [0.15, 0.2) is 60.7 Å². The minimum Gasteiger partial charge on any atom is -0.383 e. The van der Waals surface area contributed by atoms with E-state index in [2.05, 4.69) is 15.7 Å². The summed E-state index contributed by atoms with van der Waals surface area (Å²) < 4.78 is 7.03. The van der Waals surface area contributed by atoms with Gasteiger partial charge in [-0.05, 0) is 31.5 Å². The van der Waals surface area contributed by atoms with Crippen LogP contribution < -0.4 is 10.6 Å². The fraction of sp³-hybridized carbons (Fsp3) is 0.320. The van der Waals surface area contributed by atoms with Gasteiger partial charge in [-0.25, -0.2) is 0 Å². The first-order valence-electron chi connectivity index (χ1n) is 10.7. The number of hydrogen-bond acceptors (Lipinski definition) is 4. The van der Waals surface area contributed by atoms with Gasteiger partial charge in [0.15, 0.2) is 0 Å². The van der Waals surface area contributed by atoms with Gasteiger partial charge in [0.05, 0.1) is 31.3 Å². The maximum atomic E-state index is 12.8. The molecular formula is C25H30N4O3. The van der Waals surface area contributed by atoms with Crippen molar-refractivity contribution in [3.8, 4) is 0 Å². The summed E-state index contributed by atoms with van der Waals surface area (Å²) in [7, 11) is 1.66. The van der Waals surface area contributed by atoms with Gasteiger partial charge in [-0.15, -0.1) is 0 Å². The summed E-state index contributed by atoms with van der Waals surface area (Å²) in [5, 5.41) is 10.5. The van der Waals surface area contributed by atoms with E-state index in [1.54, 1.807) is 19.2 Å². The molecule has 1 aromatic heterocycles. The number of carbonyl (C=O) groups is 2. The average molecular weight is 435 g/mol. The number of amides is 2. The smallest absolute Gasteiger partial charge is 0.251 e. The molecule has 7 heteroatoms. The zero-order chi connectivity index (χ0) is 22.9. The van der Waals surface area contributed by atoms with Gasteiger partial charge in [0.2, 0.25) is 5.91 Å². The van der Waals surface area contributed by atoms with Crippen molar-refractivity contribution in [3.05, 3.63) is 88.7 Å². The summed E-state index contributed by atoms with van der Waals surface area (Å²) in [6.07, 6.45) is 0.137. The number of nitrogens with zero attached hydrogens (tertiary/aromatic N) is 2. The zero-order valence-corrected chi connectivity index (χ0v) is 18.8. The second kappa shape index (κ2) is 11.2. The highest BCUT2D eigenvalue weighted by Gasteiger charge is 2.20. The molecule has 7 nitrogen and oxygen atoms in total. The van der Waals surface area contributed by atoms with Crippen molar-refractivity contribution >= 4 is 11.8 Å². The summed E-state index contributed by atoms with van der Waals surface area (Å²) in [4.78, 5) is 25.5. The van der Waals surface area contributed by atoms with Crippen LogP contribution in [0, 0.1) is 13.8 Å². The molecule has 2 amide bonds. The number of aromatic nitrogens is 2. The lowest BCUT2D eigenvalue weighted by atomic mass is 10.0. The fourth-order valence-electron chi connectivity index (χ4n) is 3.60. The molecule has 1 atom stereocenters. The summed E-state index contributed by atoms with van der Waals surface area (Å²) in [5.41, 5.74) is 4.34. The minimum atomic E-state index is -0.435. The Kier molecular flexibility index (Phi) is 8.16. The van der Waals surface area contributed by atoms with Crippen molar-refractivity contribution in [1.29, 1.82) is 0 Å². The lowest BCUT2D eigenvalue weighted by Crippen LogP contribution is -2.33. The topological polar surface area (TPSA) is 85.2 Å². The molecule has 0 saturated carbocycles. The number of nitrogens with one attached hydrogen (secondary N) is 2. The van der Waals surface area contributed by atoms with Crippen molar-refractivity contribution in [1.82, 2.24) is 20.4 Å². The third kappa shape index (κ3) is 6.04. The molecule has 0 fully saturated rings. The van der Waals surface area contributed by atoms with Crippen LogP contribution in [0.1, 0.15) is 45.3 Å². The van der Waals surface area contributed by atoms with Crippen molar-refractivity contribution in [2.75, 3.05) is 13.7 Å². The highest BCUT2D eigenvalue weighted by Crippen LogP contribution is 2.18. The Morgan fingerprint density at radius 2 is 1.69 bits per heavy atom. The number of methoxy groups -OCH3 is 1. The Bertz CT molecular complexity index is 1030. The van der Waals surface area contributed by atoms with E-state index in [0.29, 0.717) is 25.3 Å². The number of benzene rings is 2. The van der Waals surface area contributed by atoms with E-state index >= 15 is 0 Å². The van der Waals surface area contributed by atoms with E-state index in [4.69, 9.17) is 4.74 Å². The molecule has 168 valence electrons. The van der Waals surface area contributed by atoms with Gasteiger partial charge in [0.1, 0.15) is 0 Å². The quantitative estimate of drug-likeness (QED) is 0.513. The average Bonchev–Trinajstić information content (AvgIpc) is 3.09. The van der Waals surface area contributed by atoms with Crippen LogP contribution in [-0.4, -0.2) is 35.3 Å². The standard InChI is InChI=1S/C25H30N4O3/c1-18-22(19(2)29(28-18)14-15-32-3)17-26-24(30)16-23(20-10-6-4-7-11-20)27-25(31)21-12-8-5-9-13-21/h4-13,23H,14-17H2,1-3H3,(H,26,30)(H,27,31). The van der Waals surface area contributed by atoms with Crippen LogP contribution in [0.2, 0.25) is 0 Å². The normalized spacial score (nSPS) is 11.7. The SMILES string of the molecule is COCCn1nc(C)c(CNC(=O)CC(NC(=O)c2ccccc2)c2ccccc2)c1C. The number of aryl methyl sites for hydroxylation is 1. The Hall–Kier alpha value is -3.45. The van der Waals surface area contributed by atoms with Gasteiger partial charge in [-0.1, -0.05) is 48.5 Å². The first-order valence-corrected chi connectivity index (χ1v) is 10.7. The van der Waals surface area contributed by atoms with Gasteiger partial charge in [0.25, 0.3) is 5.91 Å². The third-order valence-corrected chi connectivity index (χ3v) is 5.43. The third-order valence-electron chi connectivity index (χ3n) is 5.43. The molecule has 0 aliphatic rings. The first-order chi connectivity index (χ1) is 15.5. The fourth-order valence-corrected chi connectivity index (χ4v) is 3.60. The van der Waals surface area contributed by atoms with Crippen LogP contribution in [0.3, 0.4) is 0 Å². The zero-order valence-electron chi connectivity index (χ0n) is 18.8. The van der Waals surface area contributed by atoms with Crippen molar-refractivity contribution in [3.63, 3.8) is 0 Å². The number of carbonyl (C=O) groups excluding carboxylic acids is 2. The van der Waals surface area contributed by atoms with Crippen molar-refractivity contribution in [2.24, 2.45) is 0 Å². The Balaban J connectivity index is 1.67. The van der Waals surface area contributed by atoms with Crippen LogP contribution in [0.25, 0.3) is 0 Å². The van der Waals surface area contributed by atoms with E-state index in [1.165, 1.54) is 0 Å². The minimum absolute atomic E-state index is 0.137. The molecule has 0 spiro atoms. The van der Waals surface area contributed by atoms with Gasteiger partial charge in [-0.3, -0.25) is 14.3 Å². The molecule has 1 unspecified atom stereocenters. The predicted octanol–water partition coefficient (Wildman–Crippen LogP) is 3.32.